The minimum Gasteiger partial charge on any atom is -0.477 e. The van der Waals surface area contributed by atoms with Crippen molar-refractivity contribution in [3.05, 3.63) is 35.9 Å². The van der Waals surface area contributed by atoms with E-state index >= 15 is 0 Å². The fraction of sp³-hybridized carbons (Fsp3) is 0.385. The van der Waals surface area contributed by atoms with E-state index in [9.17, 15) is 4.79 Å². The van der Waals surface area contributed by atoms with E-state index in [0.717, 1.165) is 5.56 Å². The molecule has 0 fully saturated rings. The van der Waals surface area contributed by atoms with Crippen LogP contribution in [0.25, 0.3) is 0 Å². The first-order chi connectivity index (χ1) is 8.79. The summed E-state index contributed by atoms with van der Waals surface area (Å²) in [6.07, 6.45) is 0.155. The zero-order chi connectivity index (χ0) is 12.8. The number of hydrazone groups is 1. The number of carbonyl (C=O) groups is 1. The third-order valence-corrected chi connectivity index (χ3v) is 2.48. The molecule has 1 aliphatic heterocycles. The van der Waals surface area contributed by atoms with Crippen LogP contribution in [0.4, 0.5) is 4.79 Å². The molecular weight excluding hydrogens is 232 g/mol. The minimum atomic E-state index is -0.425. The molecule has 1 aromatic carbocycles. The molecule has 1 aromatic rings. The third kappa shape index (κ3) is 3.23. The minimum absolute atomic E-state index is 0.347. The van der Waals surface area contributed by atoms with Crippen LogP contribution in [-0.4, -0.2) is 36.8 Å². The van der Waals surface area contributed by atoms with Crippen LogP contribution in [0.3, 0.4) is 0 Å². The summed E-state index contributed by atoms with van der Waals surface area (Å²) in [4.78, 5) is 11.5. The van der Waals surface area contributed by atoms with Gasteiger partial charge in [0.15, 0.2) is 0 Å². The molecule has 5 nitrogen and oxygen atoms in total. The predicted octanol–water partition coefficient (Wildman–Crippen LogP) is 2.03. The number of benzene rings is 1. The van der Waals surface area contributed by atoms with Gasteiger partial charge in [-0.1, -0.05) is 30.3 Å². The summed E-state index contributed by atoms with van der Waals surface area (Å²) in [5.41, 5.74) is 1.10. The quantitative estimate of drug-likeness (QED) is 0.822. The van der Waals surface area contributed by atoms with Crippen LogP contribution in [-0.2, 0) is 15.9 Å². The van der Waals surface area contributed by atoms with E-state index in [1.807, 2.05) is 30.3 Å². The van der Waals surface area contributed by atoms with Crippen LogP contribution < -0.4 is 0 Å². The molecular formula is C13H16N2O3. The summed E-state index contributed by atoms with van der Waals surface area (Å²) < 4.78 is 10.3. The fourth-order valence-electron chi connectivity index (χ4n) is 1.65. The second kappa shape index (κ2) is 6.05. The van der Waals surface area contributed by atoms with Crippen molar-refractivity contribution in [1.29, 1.82) is 0 Å². The molecule has 0 N–H and O–H groups in total. The van der Waals surface area contributed by atoms with Crippen molar-refractivity contribution >= 4 is 12.0 Å². The lowest BCUT2D eigenvalue weighted by Gasteiger charge is -2.23. The molecule has 1 amide bonds. The first kappa shape index (κ1) is 12.4. The van der Waals surface area contributed by atoms with Gasteiger partial charge in [-0.3, -0.25) is 0 Å². The van der Waals surface area contributed by atoms with E-state index in [0.29, 0.717) is 32.1 Å². The standard InChI is InChI=1S/C13H16N2O3/c1-2-17-13(16)15-8-9-18-12(14-15)10-11-6-4-3-5-7-11/h3-7H,2,8-10H2,1H3. The van der Waals surface area contributed by atoms with Gasteiger partial charge in [0.1, 0.15) is 6.61 Å². The monoisotopic (exact) mass is 248 g/mol. The first-order valence-electron chi connectivity index (χ1n) is 5.98. The molecule has 0 unspecified atom stereocenters. The summed E-state index contributed by atoms with van der Waals surface area (Å²) in [6.45, 7) is 2.99. The largest absolute Gasteiger partial charge is 0.477 e. The van der Waals surface area contributed by atoms with E-state index in [2.05, 4.69) is 5.10 Å². The van der Waals surface area contributed by atoms with Gasteiger partial charge in [0, 0.05) is 0 Å². The van der Waals surface area contributed by atoms with Gasteiger partial charge in [-0.15, -0.1) is 5.10 Å². The van der Waals surface area contributed by atoms with E-state index in [1.54, 1.807) is 6.92 Å². The molecule has 5 heteroatoms. The zero-order valence-electron chi connectivity index (χ0n) is 10.3. The predicted molar refractivity (Wildman–Crippen MR) is 67.3 cm³/mol. The second-order valence-electron chi connectivity index (χ2n) is 3.83. The number of rotatable bonds is 3. The molecule has 96 valence electrons. The maximum Gasteiger partial charge on any atom is 0.430 e. The van der Waals surface area contributed by atoms with Gasteiger partial charge in [0.05, 0.1) is 19.6 Å². The average molecular weight is 248 g/mol. The number of hydrogen-bond donors (Lipinski definition) is 0. The molecule has 0 bridgehead atoms. The van der Waals surface area contributed by atoms with Crippen molar-refractivity contribution in [2.24, 2.45) is 5.10 Å². The molecule has 0 radical (unpaired) electrons. The topological polar surface area (TPSA) is 51.1 Å². The first-order valence-corrected chi connectivity index (χ1v) is 5.98. The molecule has 1 aliphatic rings. The molecule has 0 aromatic heterocycles. The highest BCUT2D eigenvalue weighted by molar-refractivity contribution is 5.81. The van der Waals surface area contributed by atoms with Gasteiger partial charge in [-0.25, -0.2) is 4.79 Å². The summed E-state index contributed by atoms with van der Waals surface area (Å²) in [7, 11) is 0. The molecule has 0 aliphatic carbocycles. The van der Waals surface area contributed by atoms with Gasteiger partial charge >= 0.3 is 6.09 Å². The van der Waals surface area contributed by atoms with E-state index in [-0.39, 0.29) is 0 Å². The van der Waals surface area contributed by atoms with Gasteiger partial charge in [-0.05, 0) is 12.5 Å². The normalized spacial score (nSPS) is 14.7. The average Bonchev–Trinajstić information content (AvgIpc) is 2.40. The zero-order valence-corrected chi connectivity index (χ0v) is 10.3. The molecule has 0 saturated carbocycles. The van der Waals surface area contributed by atoms with Crippen LogP contribution in [0, 0.1) is 0 Å². The van der Waals surface area contributed by atoms with E-state index in [4.69, 9.17) is 9.47 Å². The second-order valence-corrected chi connectivity index (χ2v) is 3.83. The van der Waals surface area contributed by atoms with Crippen LogP contribution in [0.5, 0.6) is 0 Å². The maximum atomic E-state index is 11.5. The number of carbonyl (C=O) groups excluding carboxylic acids is 1. The Kier molecular flexibility index (Phi) is 4.17. The Morgan fingerprint density at radius 2 is 2.22 bits per heavy atom. The Morgan fingerprint density at radius 1 is 1.44 bits per heavy atom. The van der Waals surface area contributed by atoms with Crippen molar-refractivity contribution in [2.45, 2.75) is 13.3 Å². The lowest BCUT2D eigenvalue weighted by molar-refractivity contribution is 0.0893. The Morgan fingerprint density at radius 3 is 2.94 bits per heavy atom. The molecule has 1 heterocycles. The van der Waals surface area contributed by atoms with Gasteiger partial charge in [-0.2, -0.15) is 5.01 Å². The number of ether oxygens (including phenoxy) is 2. The van der Waals surface area contributed by atoms with Gasteiger partial charge in [0.2, 0.25) is 5.90 Å². The van der Waals surface area contributed by atoms with Crippen LogP contribution >= 0.6 is 0 Å². The van der Waals surface area contributed by atoms with Crippen LogP contribution in [0.1, 0.15) is 12.5 Å². The summed E-state index contributed by atoms with van der Waals surface area (Å²) in [5, 5.41) is 5.46. The molecule has 18 heavy (non-hydrogen) atoms. The van der Waals surface area contributed by atoms with Crippen molar-refractivity contribution in [3.8, 4) is 0 Å². The SMILES string of the molecule is CCOC(=O)N1CCOC(Cc2ccccc2)=N1. The summed E-state index contributed by atoms with van der Waals surface area (Å²) >= 11 is 0. The molecule has 2 rings (SSSR count). The molecule has 0 spiro atoms. The van der Waals surface area contributed by atoms with Crippen LogP contribution in [0.15, 0.2) is 35.4 Å². The number of nitrogens with zero attached hydrogens (tertiary/aromatic N) is 2. The van der Waals surface area contributed by atoms with Crippen LogP contribution in [0.2, 0.25) is 0 Å². The summed E-state index contributed by atoms with van der Waals surface area (Å²) in [6, 6.07) is 9.87. The molecule has 0 saturated heterocycles. The van der Waals surface area contributed by atoms with Crippen molar-refractivity contribution in [2.75, 3.05) is 19.8 Å². The maximum absolute atomic E-state index is 11.5. The van der Waals surface area contributed by atoms with E-state index < -0.39 is 6.09 Å². The van der Waals surface area contributed by atoms with Crippen molar-refractivity contribution in [1.82, 2.24) is 5.01 Å². The highest BCUT2D eigenvalue weighted by atomic mass is 16.6. The number of hydrogen-bond acceptors (Lipinski definition) is 4. The highest BCUT2D eigenvalue weighted by Crippen LogP contribution is 2.08. The van der Waals surface area contributed by atoms with Gasteiger partial charge in [0.25, 0.3) is 0 Å². The van der Waals surface area contributed by atoms with Crippen molar-refractivity contribution < 1.29 is 14.3 Å². The highest BCUT2D eigenvalue weighted by Gasteiger charge is 2.20. The Balaban J connectivity index is 2.02. The van der Waals surface area contributed by atoms with Gasteiger partial charge < -0.3 is 9.47 Å². The Bertz CT molecular complexity index is 431. The molecule has 0 atom stereocenters. The Hall–Kier alpha value is -2.04. The lowest BCUT2D eigenvalue weighted by Crippen LogP contribution is -2.36. The lowest BCUT2D eigenvalue weighted by atomic mass is 10.1. The smallest absolute Gasteiger partial charge is 0.430 e. The Labute approximate surface area is 106 Å². The fourth-order valence-corrected chi connectivity index (χ4v) is 1.65. The third-order valence-electron chi connectivity index (χ3n) is 2.48. The van der Waals surface area contributed by atoms with Crippen molar-refractivity contribution in [3.63, 3.8) is 0 Å². The summed E-state index contributed by atoms with van der Waals surface area (Å²) in [5.74, 6) is 0.542. The number of amides is 1. The van der Waals surface area contributed by atoms with E-state index in [1.165, 1.54) is 5.01 Å².